The lowest BCUT2D eigenvalue weighted by molar-refractivity contribution is -0.349. The van der Waals surface area contributed by atoms with Gasteiger partial charge in [-0.15, -0.1) is 0 Å². The molecule has 2 aliphatic heterocycles. The van der Waals surface area contributed by atoms with Crippen LogP contribution in [-0.2, 0) is 18.9 Å². The second-order valence-electron chi connectivity index (χ2n) is 22.7. The molecule has 4 atom stereocenters. The van der Waals surface area contributed by atoms with Gasteiger partial charge in [0.25, 0.3) is 5.91 Å². The summed E-state index contributed by atoms with van der Waals surface area (Å²) in [6.45, 7) is 22.3. The molecule has 22 heteroatoms. The van der Waals surface area contributed by atoms with E-state index in [1.165, 1.54) is 0 Å². The van der Waals surface area contributed by atoms with E-state index in [9.17, 15) is 29.1 Å². The monoisotopic (exact) mass is 1020 g/mol. The SMILES string of the molecule is CC(C)(C)OC(=O)N[C@@H]1C[C@H](NC(=O)OC(C)(C)C)CN(c2nc3nc(Nc4ccc(NC(=O)c5ccc6ccccc6c5O)cc4)[nH+]c(N4C[C@H](NC(=O)OC(C)(C)C)C[C@H](NC(=O)OC(C)(C)C)C4)c3[nH]2)C1. The number of phenolic OH excluding ortho intramolecular Hbond substituents is 1. The summed E-state index contributed by atoms with van der Waals surface area (Å²) >= 11 is 0. The Hall–Kier alpha value is -7.78. The Morgan fingerprint density at radius 2 is 1.04 bits per heavy atom. The normalized spacial score (nSPS) is 18.5. The largest absolute Gasteiger partial charge is 0.506 e. The van der Waals surface area contributed by atoms with Crippen molar-refractivity contribution in [3.05, 3.63) is 66.2 Å². The van der Waals surface area contributed by atoms with Crippen molar-refractivity contribution in [3.8, 4) is 5.75 Å². The number of benzene rings is 3. The number of aromatic hydroxyl groups is 1. The number of rotatable bonds is 10. The minimum absolute atomic E-state index is 0.115. The molecule has 4 heterocycles. The van der Waals surface area contributed by atoms with Crippen molar-refractivity contribution in [3.63, 3.8) is 0 Å². The number of anilines is 5. The Morgan fingerprint density at radius 1 is 0.595 bits per heavy atom. The molecule has 2 fully saturated rings. The number of nitrogens with zero attached hydrogens (tertiary/aromatic N) is 4. The number of ether oxygens (including phenoxy) is 4. The van der Waals surface area contributed by atoms with Gasteiger partial charge in [-0.25, -0.2) is 24.2 Å². The Balaban J connectivity index is 1.23. The zero-order valence-corrected chi connectivity index (χ0v) is 44.2. The lowest BCUT2D eigenvalue weighted by Gasteiger charge is -2.38. The number of fused-ring (bicyclic) bond motifs is 2. The highest BCUT2D eigenvalue weighted by molar-refractivity contribution is 6.10. The zero-order valence-electron chi connectivity index (χ0n) is 44.2. The first-order chi connectivity index (χ1) is 34.5. The minimum atomic E-state index is -0.772. The summed E-state index contributed by atoms with van der Waals surface area (Å²) in [5, 5.41) is 30.4. The average molecular weight is 1020 g/mol. The number of aromatic amines is 2. The molecule has 5 aromatic rings. The van der Waals surface area contributed by atoms with Crippen molar-refractivity contribution in [2.24, 2.45) is 0 Å². The summed E-state index contributed by atoms with van der Waals surface area (Å²) in [6.07, 6.45) is -1.78. The van der Waals surface area contributed by atoms with Crippen LogP contribution in [0.5, 0.6) is 5.75 Å². The molecule has 0 saturated carbocycles. The number of carbonyl (C=O) groups excluding carboxylic acids is 5. The maximum atomic E-state index is 13.4. The molecule has 5 amide bonds. The first kappa shape index (κ1) is 54.0. The Labute approximate surface area is 430 Å². The van der Waals surface area contributed by atoms with Crippen LogP contribution < -0.4 is 46.7 Å². The lowest BCUT2D eigenvalue weighted by Crippen LogP contribution is -2.58. The van der Waals surface area contributed by atoms with Crippen molar-refractivity contribution in [1.82, 2.24) is 36.2 Å². The van der Waals surface area contributed by atoms with E-state index < -0.39 is 76.9 Å². The van der Waals surface area contributed by atoms with E-state index in [4.69, 9.17) is 28.9 Å². The third-order valence-electron chi connectivity index (χ3n) is 11.3. The summed E-state index contributed by atoms with van der Waals surface area (Å²) in [5.74, 6) is 0.519. The second-order valence-corrected chi connectivity index (χ2v) is 22.7. The van der Waals surface area contributed by atoms with Crippen LogP contribution in [0.15, 0.2) is 60.7 Å². The summed E-state index contributed by atoms with van der Waals surface area (Å²) in [5.41, 5.74) is -1.14. The van der Waals surface area contributed by atoms with E-state index in [2.05, 4.69) is 41.9 Å². The summed E-state index contributed by atoms with van der Waals surface area (Å²) < 4.78 is 22.5. The van der Waals surface area contributed by atoms with Gasteiger partial charge in [0.05, 0.1) is 48.5 Å². The van der Waals surface area contributed by atoms with Crippen molar-refractivity contribution >= 4 is 81.3 Å². The number of imidazole rings is 1. The van der Waals surface area contributed by atoms with Crippen molar-refractivity contribution < 1.29 is 53.0 Å². The molecule has 398 valence electrons. The van der Waals surface area contributed by atoms with Gasteiger partial charge in [-0.05, 0) is 132 Å². The summed E-state index contributed by atoms with van der Waals surface area (Å²) in [4.78, 5) is 86.8. The van der Waals surface area contributed by atoms with Crippen LogP contribution in [0.25, 0.3) is 21.9 Å². The molecule has 2 aromatic heterocycles. The summed E-state index contributed by atoms with van der Waals surface area (Å²) in [6, 6.07) is 15.4. The Morgan fingerprint density at radius 3 is 1.51 bits per heavy atom. The fraction of sp³-hybridized carbons (Fsp3) is 0.500. The first-order valence-corrected chi connectivity index (χ1v) is 24.7. The molecular formula is C52H71N12O10+. The van der Waals surface area contributed by atoms with Crippen molar-refractivity contribution in [2.45, 2.75) is 142 Å². The fourth-order valence-electron chi connectivity index (χ4n) is 8.63. The van der Waals surface area contributed by atoms with Crippen molar-refractivity contribution in [2.75, 3.05) is 46.6 Å². The Bertz CT molecular complexity index is 2790. The minimum Gasteiger partial charge on any atom is -0.506 e. The topological polar surface area (TPSA) is 277 Å². The third kappa shape index (κ3) is 15.1. The molecule has 0 unspecified atom stereocenters. The van der Waals surface area contributed by atoms with Gasteiger partial charge in [0.1, 0.15) is 28.2 Å². The van der Waals surface area contributed by atoms with Gasteiger partial charge in [-0.2, -0.15) is 4.98 Å². The van der Waals surface area contributed by atoms with Gasteiger partial charge in [-0.3, -0.25) is 10.1 Å². The molecule has 22 nitrogen and oxygen atoms in total. The number of hydrogen-bond acceptors (Lipinski definition) is 15. The van der Waals surface area contributed by atoms with E-state index >= 15 is 0 Å². The lowest BCUT2D eigenvalue weighted by atomic mass is 10.0. The molecule has 2 saturated heterocycles. The highest BCUT2D eigenvalue weighted by Gasteiger charge is 2.38. The molecule has 9 N–H and O–H groups in total. The van der Waals surface area contributed by atoms with Crippen LogP contribution in [0.3, 0.4) is 0 Å². The molecule has 7 rings (SSSR count). The smallest absolute Gasteiger partial charge is 0.407 e. The molecule has 2 aliphatic rings. The molecule has 3 aromatic carbocycles. The van der Waals surface area contributed by atoms with Gasteiger partial charge in [0, 0.05) is 24.2 Å². The van der Waals surface area contributed by atoms with Gasteiger partial charge in [0.15, 0.2) is 5.52 Å². The summed E-state index contributed by atoms with van der Waals surface area (Å²) in [7, 11) is 0. The number of aromatic nitrogens is 4. The van der Waals surface area contributed by atoms with Crippen LogP contribution in [0.2, 0.25) is 0 Å². The quantitative estimate of drug-likeness (QED) is 0.0625. The molecule has 0 spiro atoms. The zero-order chi connectivity index (χ0) is 53.9. The van der Waals surface area contributed by atoms with Gasteiger partial charge in [-0.1, -0.05) is 35.3 Å². The van der Waals surface area contributed by atoms with Crippen LogP contribution >= 0.6 is 0 Å². The van der Waals surface area contributed by atoms with Gasteiger partial charge < -0.3 is 65.4 Å². The van der Waals surface area contributed by atoms with Crippen LogP contribution in [-0.4, -0.2) is 123 Å². The highest BCUT2D eigenvalue weighted by Crippen LogP contribution is 2.31. The predicted octanol–water partition coefficient (Wildman–Crippen LogP) is 7.62. The number of nitrogens with one attached hydrogen (secondary N) is 8. The number of carbonyl (C=O) groups is 5. The number of alkyl carbamates (subject to hydrolysis) is 4. The van der Waals surface area contributed by atoms with Crippen LogP contribution in [0, 0.1) is 0 Å². The van der Waals surface area contributed by atoms with E-state index in [-0.39, 0.29) is 49.1 Å². The van der Waals surface area contributed by atoms with Crippen LogP contribution in [0.1, 0.15) is 106 Å². The van der Waals surface area contributed by atoms with Gasteiger partial charge >= 0.3 is 30.3 Å². The number of phenols is 1. The van der Waals surface area contributed by atoms with E-state index in [0.29, 0.717) is 46.9 Å². The highest BCUT2D eigenvalue weighted by atomic mass is 16.6. The number of piperidine rings is 2. The van der Waals surface area contributed by atoms with E-state index in [1.807, 2.05) is 21.9 Å². The molecular weight excluding hydrogens is 953 g/mol. The molecule has 0 aliphatic carbocycles. The van der Waals surface area contributed by atoms with E-state index in [1.54, 1.807) is 132 Å². The standard InChI is InChI=1S/C52H70N12O10/c1-49(2,3)71-45(67)55-32-23-33(56-46(68)72-50(4,5)6)26-63(25-32)41-38-40(61-44(59-38)64-27-34(57-47(69)73-51(7,8)9)24-35(28-64)58-48(70)74-52(10,11)12)60-43(62-41)54-31-20-18-30(19-21-31)53-42(66)37-22-17-29-15-13-14-16-36(29)39(37)65/h13-22,32-35,65H,23-28H2,1-12H3,(H,53,66)(H,55,67)(H,56,68)(H,57,69)(H,58,70)(H2,54,59,60,61,62)/p+1/t32-,33+,34-,35+. The maximum absolute atomic E-state index is 13.4. The first-order valence-electron chi connectivity index (χ1n) is 24.7. The number of hydrogen-bond donors (Lipinski definition) is 8. The average Bonchev–Trinajstić information content (AvgIpc) is 3.68. The van der Waals surface area contributed by atoms with Crippen molar-refractivity contribution in [1.29, 1.82) is 0 Å². The predicted molar refractivity (Wildman–Crippen MR) is 280 cm³/mol. The van der Waals surface area contributed by atoms with Gasteiger partial charge in [0.2, 0.25) is 17.4 Å². The number of amides is 5. The Kier molecular flexibility index (Phi) is 15.6. The third-order valence-corrected chi connectivity index (χ3v) is 11.3. The molecule has 74 heavy (non-hydrogen) atoms. The number of H-pyrrole nitrogens is 2. The van der Waals surface area contributed by atoms with E-state index in [0.717, 1.165) is 5.39 Å². The second kappa shape index (κ2) is 21.4. The molecule has 0 bridgehead atoms. The molecule has 0 radical (unpaired) electrons. The maximum Gasteiger partial charge on any atom is 0.407 e. The fourth-order valence-corrected chi connectivity index (χ4v) is 8.63. The van der Waals surface area contributed by atoms with Crippen LogP contribution in [0.4, 0.5) is 48.3 Å².